The van der Waals surface area contributed by atoms with Crippen LogP contribution in [-0.2, 0) is 0 Å². The Hall–Kier alpha value is -2.20. The molecule has 2 aromatic carbocycles. The van der Waals surface area contributed by atoms with Crippen molar-refractivity contribution in [3.8, 4) is 16.9 Å². The van der Waals surface area contributed by atoms with Crippen molar-refractivity contribution in [1.82, 2.24) is 5.32 Å². The van der Waals surface area contributed by atoms with Gasteiger partial charge in [-0.1, -0.05) is 35.9 Å². The van der Waals surface area contributed by atoms with E-state index >= 15 is 0 Å². The molecule has 0 spiro atoms. The van der Waals surface area contributed by atoms with Crippen LogP contribution in [0.1, 0.15) is 17.3 Å². The number of aliphatic hydroxyl groups excluding tert-OH is 4. The summed E-state index contributed by atoms with van der Waals surface area (Å²) < 4.78 is 5.57. The Labute approximate surface area is 179 Å². The van der Waals surface area contributed by atoms with E-state index in [0.29, 0.717) is 16.7 Å². The first-order chi connectivity index (χ1) is 14.1. The lowest BCUT2D eigenvalue weighted by Gasteiger charge is -2.33. The summed E-state index contributed by atoms with van der Waals surface area (Å²) in [5.41, 5.74) is -0.218. The van der Waals surface area contributed by atoms with E-state index in [4.69, 9.17) is 21.4 Å². The monoisotopic (exact) mass is 439 g/mol. The maximum Gasteiger partial charge on any atom is 0.251 e. The molecule has 2 aromatic rings. The molecular formula is C21H26ClNO7. The number of amides is 1. The van der Waals surface area contributed by atoms with E-state index in [-0.39, 0.29) is 16.7 Å². The minimum absolute atomic E-state index is 0.212. The number of hydrogen-bond acceptors (Lipinski definition) is 7. The molecule has 6 N–H and O–H groups in total. The van der Waals surface area contributed by atoms with Gasteiger partial charge in [-0.05, 0) is 30.7 Å². The van der Waals surface area contributed by atoms with Gasteiger partial charge in [-0.15, -0.1) is 0 Å². The Balaban J connectivity index is 2.22. The first kappa shape index (κ1) is 24.1. The number of carbonyl (C=O) groups excluding carboxylic acids is 1. The number of nitrogens with one attached hydrogen (secondary N) is 1. The van der Waals surface area contributed by atoms with Crippen LogP contribution in [0.2, 0.25) is 5.02 Å². The summed E-state index contributed by atoms with van der Waals surface area (Å²) in [5.74, 6) is -0.0294. The topological polar surface area (TPSA) is 139 Å². The van der Waals surface area contributed by atoms with E-state index in [1.54, 1.807) is 42.5 Å². The van der Waals surface area contributed by atoms with Crippen LogP contribution >= 0.6 is 11.6 Å². The summed E-state index contributed by atoms with van der Waals surface area (Å²) in [6, 6.07) is 11.8. The summed E-state index contributed by atoms with van der Waals surface area (Å²) in [7, 11) is 1.53. The summed E-state index contributed by atoms with van der Waals surface area (Å²) in [6.07, 6.45) is -5.18. The zero-order valence-corrected chi connectivity index (χ0v) is 17.4. The van der Waals surface area contributed by atoms with Crippen LogP contribution in [0.4, 0.5) is 0 Å². The van der Waals surface area contributed by atoms with E-state index in [0.717, 1.165) is 0 Å². The second-order valence-electron chi connectivity index (χ2n) is 7.11. The van der Waals surface area contributed by atoms with Crippen molar-refractivity contribution in [2.24, 2.45) is 0 Å². The molecule has 164 valence electrons. The highest BCUT2D eigenvalue weighted by Gasteiger charge is 2.39. The molecule has 0 aliphatic carbocycles. The summed E-state index contributed by atoms with van der Waals surface area (Å²) in [5, 5.41) is 51.5. The molecule has 0 bridgehead atoms. The van der Waals surface area contributed by atoms with Crippen molar-refractivity contribution < 1.29 is 35.1 Å². The normalized spacial score (nSPS) is 16.3. The molecule has 0 aromatic heterocycles. The van der Waals surface area contributed by atoms with Crippen molar-refractivity contribution >= 4 is 17.5 Å². The van der Waals surface area contributed by atoms with Crippen LogP contribution in [0.25, 0.3) is 11.1 Å². The SMILES string of the molecule is CNC(=O)c1cccc(-c2cccc(OCC(C)(O)C(O)C(O)C(O)CO)c2Cl)c1. The van der Waals surface area contributed by atoms with E-state index in [1.807, 2.05) is 0 Å². The third kappa shape index (κ3) is 5.48. The Bertz CT molecular complexity index is 874. The van der Waals surface area contributed by atoms with Gasteiger partial charge in [-0.25, -0.2) is 0 Å². The summed E-state index contributed by atoms with van der Waals surface area (Å²) in [6.45, 7) is -0.0153. The lowest BCUT2D eigenvalue weighted by Crippen LogP contribution is -2.54. The predicted octanol–water partition coefficient (Wildman–Crippen LogP) is 0.571. The van der Waals surface area contributed by atoms with Gasteiger partial charge in [-0.3, -0.25) is 4.79 Å². The number of halogens is 1. The zero-order chi connectivity index (χ0) is 22.5. The van der Waals surface area contributed by atoms with Gasteiger partial charge in [0.25, 0.3) is 5.91 Å². The Morgan fingerprint density at radius 2 is 1.87 bits per heavy atom. The average molecular weight is 440 g/mol. The molecule has 2 rings (SSSR count). The average Bonchev–Trinajstić information content (AvgIpc) is 2.76. The number of aliphatic hydroxyl groups is 5. The highest BCUT2D eigenvalue weighted by Crippen LogP contribution is 2.36. The minimum Gasteiger partial charge on any atom is -0.489 e. The van der Waals surface area contributed by atoms with Crippen molar-refractivity contribution in [2.75, 3.05) is 20.3 Å². The molecule has 4 unspecified atom stereocenters. The van der Waals surface area contributed by atoms with Gasteiger partial charge in [0.05, 0.1) is 11.6 Å². The fourth-order valence-electron chi connectivity index (χ4n) is 2.81. The van der Waals surface area contributed by atoms with E-state index in [9.17, 15) is 25.2 Å². The first-order valence-corrected chi connectivity index (χ1v) is 9.61. The van der Waals surface area contributed by atoms with Crippen LogP contribution < -0.4 is 10.1 Å². The molecule has 0 heterocycles. The van der Waals surface area contributed by atoms with Crippen LogP contribution in [0.15, 0.2) is 42.5 Å². The zero-order valence-electron chi connectivity index (χ0n) is 16.6. The molecule has 1 amide bonds. The quantitative estimate of drug-likeness (QED) is 0.335. The van der Waals surface area contributed by atoms with Crippen molar-refractivity contribution in [1.29, 1.82) is 0 Å². The van der Waals surface area contributed by atoms with Gasteiger partial charge in [-0.2, -0.15) is 0 Å². The second-order valence-corrected chi connectivity index (χ2v) is 7.49. The van der Waals surface area contributed by atoms with Gasteiger partial charge in [0.1, 0.15) is 36.3 Å². The number of rotatable bonds is 9. The van der Waals surface area contributed by atoms with Crippen molar-refractivity contribution in [3.63, 3.8) is 0 Å². The highest BCUT2D eigenvalue weighted by molar-refractivity contribution is 6.34. The van der Waals surface area contributed by atoms with Gasteiger partial charge in [0.15, 0.2) is 0 Å². The van der Waals surface area contributed by atoms with E-state index in [2.05, 4.69) is 5.32 Å². The Morgan fingerprint density at radius 3 is 2.50 bits per heavy atom. The smallest absolute Gasteiger partial charge is 0.251 e. The maximum absolute atomic E-state index is 11.9. The third-order valence-electron chi connectivity index (χ3n) is 4.69. The maximum atomic E-state index is 11.9. The molecule has 0 saturated carbocycles. The molecular weight excluding hydrogens is 414 g/mol. The predicted molar refractivity (Wildman–Crippen MR) is 112 cm³/mol. The lowest BCUT2D eigenvalue weighted by atomic mass is 9.93. The minimum atomic E-state index is -1.95. The van der Waals surface area contributed by atoms with Crippen LogP contribution in [0, 0.1) is 0 Å². The van der Waals surface area contributed by atoms with Crippen LogP contribution in [-0.4, -0.2) is 75.6 Å². The van der Waals surface area contributed by atoms with Crippen molar-refractivity contribution in [2.45, 2.75) is 30.8 Å². The van der Waals surface area contributed by atoms with Crippen molar-refractivity contribution in [3.05, 3.63) is 53.1 Å². The van der Waals surface area contributed by atoms with Gasteiger partial charge >= 0.3 is 0 Å². The number of ether oxygens (including phenoxy) is 1. The fourth-order valence-corrected chi connectivity index (χ4v) is 3.10. The van der Waals surface area contributed by atoms with Crippen LogP contribution in [0.5, 0.6) is 5.75 Å². The summed E-state index contributed by atoms with van der Waals surface area (Å²) >= 11 is 6.46. The molecule has 4 atom stereocenters. The van der Waals surface area contributed by atoms with E-state index in [1.165, 1.54) is 14.0 Å². The lowest BCUT2D eigenvalue weighted by molar-refractivity contribution is -0.161. The van der Waals surface area contributed by atoms with Gasteiger partial charge in [0.2, 0.25) is 0 Å². The number of benzene rings is 2. The molecule has 9 heteroatoms. The summed E-state index contributed by atoms with van der Waals surface area (Å²) in [4.78, 5) is 11.9. The highest BCUT2D eigenvalue weighted by atomic mass is 35.5. The Morgan fingerprint density at radius 1 is 1.20 bits per heavy atom. The molecule has 30 heavy (non-hydrogen) atoms. The molecule has 0 aliphatic heterocycles. The first-order valence-electron chi connectivity index (χ1n) is 9.23. The van der Waals surface area contributed by atoms with Gasteiger partial charge < -0.3 is 35.6 Å². The standard InChI is InChI=1S/C21H26ClNO7/c1-21(29,19(27)18(26)15(25)10-24)11-30-16-8-4-7-14(17(16)22)12-5-3-6-13(9-12)20(28)23-2/h3-9,15,18-19,24-27,29H,10-11H2,1-2H3,(H,23,28). The van der Waals surface area contributed by atoms with E-state index < -0.39 is 37.1 Å². The molecule has 0 fully saturated rings. The van der Waals surface area contributed by atoms with Crippen LogP contribution in [0.3, 0.4) is 0 Å². The molecule has 0 saturated heterocycles. The van der Waals surface area contributed by atoms with Gasteiger partial charge in [0, 0.05) is 18.2 Å². The molecule has 8 nitrogen and oxygen atoms in total. The number of carbonyl (C=O) groups is 1. The third-order valence-corrected chi connectivity index (χ3v) is 5.08. The largest absolute Gasteiger partial charge is 0.489 e. The molecule has 0 aliphatic rings. The Kier molecular flexibility index (Phi) is 8.19. The number of hydrogen-bond donors (Lipinski definition) is 6. The fraction of sp³-hybridized carbons (Fsp3) is 0.381. The second kappa shape index (κ2) is 10.2. The molecule has 0 radical (unpaired) electrons.